The topological polar surface area (TPSA) is 102 Å². The molecule has 1 saturated heterocycles. The smallest absolute Gasteiger partial charge is 0.332 e. The predicted octanol–water partition coefficient (Wildman–Crippen LogP) is -0.785. The molecule has 0 aromatic carbocycles. The van der Waals surface area contributed by atoms with E-state index in [1.807, 2.05) is 0 Å². The summed E-state index contributed by atoms with van der Waals surface area (Å²) in [6, 6.07) is -0.00450. The average Bonchev–Trinajstić information content (AvgIpc) is 2.38. The number of carbonyl (C=O) groups is 2. The number of aliphatic hydroxyl groups excluding tert-OH is 1. The molecule has 7 heteroatoms. The first kappa shape index (κ1) is 14.7. The maximum absolute atomic E-state index is 11.8. The molecular formula is C11H21N3O4. The van der Waals surface area contributed by atoms with Crippen LogP contribution >= 0.6 is 0 Å². The van der Waals surface area contributed by atoms with Crippen molar-refractivity contribution < 1.29 is 19.8 Å². The maximum Gasteiger partial charge on any atom is 0.332 e. The first-order valence-electron chi connectivity index (χ1n) is 6.14. The maximum atomic E-state index is 11.8. The molecule has 1 unspecified atom stereocenters. The minimum atomic E-state index is -1.42. The Bertz CT molecular complexity index is 292. The van der Waals surface area contributed by atoms with E-state index in [4.69, 9.17) is 10.2 Å². The van der Waals surface area contributed by atoms with E-state index in [9.17, 15) is 9.59 Å². The largest absolute Gasteiger partial charge is 0.479 e. The Labute approximate surface area is 106 Å². The highest BCUT2D eigenvalue weighted by molar-refractivity contribution is 5.74. The summed E-state index contributed by atoms with van der Waals surface area (Å²) in [6.07, 6.45) is 0.430. The molecule has 0 saturated carbocycles. The Hall–Kier alpha value is -1.34. The molecule has 1 atom stereocenters. The van der Waals surface area contributed by atoms with Gasteiger partial charge in [0, 0.05) is 26.1 Å². The van der Waals surface area contributed by atoms with Gasteiger partial charge in [0.1, 0.15) is 0 Å². The molecule has 104 valence electrons. The molecule has 18 heavy (non-hydrogen) atoms. The normalized spacial score (nSPS) is 18.1. The van der Waals surface area contributed by atoms with Crippen LogP contribution in [0.15, 0.2) is 0 Å². The Morgan fingerprint density at radius 2 is 2.06 bits per heavy atom. The zero-order valence-corrected chi connectivity index (χ0v) is 10.6. The Balaban J connectivity index is 2.24. The second kappa shape index (κ2) is 7.17. The molecule has 0 bridgehead atoms. The van der Waals surface area contributed by atoms with Crippen molar-refractivity contribution in [3.8, 4) is 0 Å². The van der Waals surface area contributed by atoms with Crippen LogP contribution in [0.3, 0.4) is 0 Å². The molecular weight excluding hydrogens is 238 g/mol. The van der Waals surface area contributed by atoms with Crippen LogP contribution < -0.4 is 10.6 Å². The van der Waals surface area contributed by atoms with Crippen molar-refractivity contribution in [2.75, 3.05) is 26.7 Å². The van der Waals surface area contributed by atoms with Gasteiger partial charge in [-0.15, -0.1) is 0 Å². The SMILES string of the molecule is CN(C(=O)NCCC(O)C(=O)O)C1CCNCC1. The second-order valence-electron chi connectivity index (χ2n) is 4.47. The number of nitrogens with zero attached hydrogens (tertiary/aromatic N) is 1. The van der Waals surface area contributed by atoms with Crippen LogP contribution in [0.25, 0.3) is 0 Å². The van der Waals surface area contributed by atoms with E-state index >= 15 is 0 Å². The summed E-state index contributed by atoms with van der Waals surface area (Å²) >= 11 is 0. The molecule has 0 spiro atoms. The number of hydrogen-bond acceptors (Lipinski definition) is 4. The second-order valence-corrected chi connectivity index (χ2v) is 4.47. The molecule has 7 nitrogen and oxygen atoms in total. The summed E-state index contributed by atoms with van der Waals surface area (Å²) in [4.78, 5) is 23.8. The fourth-order valence-corrected chi connectivity index (χ4v) is 1.92. The summed E-state index contributed by atoms with van der Waals surface area (Å²) in [5.74, 6) is -1.27. The number of carboxylic acids is 1. The third-order valence-corrected chi connectivity index (χ3v) is 3.16. The van der Waals surface area contributed by atoms with Crippen LogP contribution in [-0.2, 0) is 4.79 Å². The lowest BCUT2D eigenvalue weighted by Gasteiger charge is -2.31. The summed E-state index contributed by atoms with van der Waals surface area (Å²) in [7, 11) is 1.74. The average molecular weight is 259 g/mol. The fourth-order valence-electron chi connectivity index (χ4n) is 1.92. The van der Waals surface area contributed by atoms with Gasteiger partial charge in [-0.25, -0.2) is 9.59 Å². The van der Waals surface area contributed by atoms with E-state index in [0.717, 1.165) is 25.9 Å². The molecule has 4 N–H and O–H groups in total. The predicted molar refractivity (Wildman–Crippen MR) is 65.3 cm³/mol. The lowest BCUT2D eigenvalue weighted by Crippen LogP contribution is -2.48. The van der Waals surface area contributed by atoms with Gasteiger partial charge in [0.05, 0.1) is 0 Å². The third kappa shape index (κ3) is 4.50. The highest BCUT2D eigenvalue weighted by Crippen LogP contribution is 2.09. The lowest BCUT2D eigenvalue weighted by atomic mass is 10.1. The quantitative estimate of drug-likeness (QED) is 0.518. The molecule has 2 amide bonds. The molecule has 0 aromatic heterocycles. The summed E-state index contributed by atoms with van der Waals surface area (Å²) in [6.45, 7) is 1.96. The number of piperidine rings is 1. The van der Waals surface area contributed by atoms with Crippen LogP contribution in [0.1, 0.15) is 19.3 Å². The van der Waals surface area contributed by atoms with E-state index in [2.05, 4.69) is 10.6 Å². The van der Waals surface area contributed by atoms with Gasteiger partial charge in [0.25, 0.3) is 0 Å². The standard InChI is InChI=1S/C11H21N3O4/c1-14(8-2-5-12-6-3-8)11(18)13-7-4-9(15)10(16)17/h8-9,12,15H,2-7H2,1H3,(H,13,18)(H,16,17). The van der Waals surface area contributed by atoms with E-state index < -0.39 is 12.1 Å². The van der Waals surface area contributed by atoms with Crippen molar-refractivity contribution in [3.63, 3.8) is 0 Å². The van der Waals surface area contributed by atoms with Gasteiger partial charge in [-0.3, -0.25) is 0 Å². The number of urea groups is 1. The van der Waals surface area contributed by atoms with Crippen LogP contribution in [0, 0.1) is 0 Å². The van der Waals surface area contributed by atoms with Crippen LogP contribution in [0.4, 0.5) is 4.79 Å². The van der Waals surface area contributed by atoms with Gasteiger partial charge in [-0.1, -0.05) is 0 Å². The summed E-state index contributed by atoms with van der Waals surface area (Å²) in [5, 5.41) is 23.4. The molecule has 1 fully saturated rings. The van der Waals surface area contributed by atoms with Crippen LogP contribution in [0.2, 0.25) is 0 Å². The Morgan fingerprint density at radius 1 is 1.44 bits per heavy atom. The number of hydrogen-bond donors (Lipinski definition) is 4. The zero-order valence-electron chi connectivity index (χ0n) is 10.6. The number of carbonyl (C=O) groups excluding carboxylic acids is 1. The number of rotatable bonds is 5. The number of nitrogens with one attached hydrogen (secondary N) is 2. The minimum Gasteiger partial charge on any atom is -0.479 e. The highest BCUT2D eigenvalue weighted by atomic mass is 16.4. The number of amides is 2. The number of aliphatic hydroxyl groups is 1. The first-order valence-corrected chi connectivity index (χ1v) is 6.14. The van der Waals surface area contributed by atoms with Crippen molar-refractivity contribution >= 4 is 12.0 Å². The van der Waals surface area contributed by atoms with Gasteiger partial charge in [0.2, 0.25) is 0 Å². The molecule has 0 radical (unpaired) electrons. The summed E-state index contributed by atoms with van der Waals surface area (Å²) in [5.41, 5.74) is 0. The van der Waals surface area contributed by atoms with Crippen molar-refractivity contribution in [2.24, 2.45) is 0 Å². The van der Waals surface area contributed by atoms with Crippen LogP contribution in [-0.4, -0.2) is 65.9 Å². The molecule has 0 aliphatic carbocycles. The summed E-state index contributed by atoms with van der Waals surface area (Å²) < 4.78 is 0. The lowest BCUT2D eigenvalue weighted by molar-refractivity contribution is -0.146. The van der Waals surface area contributed by atoms with Crippen molar-refractivity contribution in [3.05, 3.63) is 0 Å². The van der Waals surface area contributed by atoms with Gasteiger partial charge in [-0.2, -0.15) is 0 Å². The van der Waals surface area contributed by atoms with E-state index in [1.165, 1.54) is 0 Å². The number of aliphatic carboxylic acids is 1. The highest BCUT2D eigenvalue weighted by Gasteiger charge is 2.22. The monoisotopic (exact) mass is 259 g/mol. The third-order valence-electron chi connectivity index (χ3n) is 3.16. The molecule has 1 aliphatic rings. The van der Waals surface area contributed by atoms with E-state index in [0.29, 0.717) is 0 Å². The zero-order chi connectivity index (χ0) is 13.5. The van der Waals surface area contributed by atoms with Gasteiger partial charge >= 0.3 is 12.0 Å². The fraction of sp³-hybridized carbons (Fsp3) is 0.818. The molecule has 1 aliphatic heterocycles. The van der Waals surface area contributed by atoms with Crippen molar-refractivity contribution in [2.45, 2.75) is 31.4 Å². The van der Waals surface area contributed by atoms with Crippen molar-refractivity contribution in [1.29, 1.82) is 0 Å². The Kier molecular flexibility index (Phi) is 5.87. The van der Waals surface area contributed by atoms with Gasteiger partial charge < -0.3 is 25.7 Å². The van der Waals surface area contributed by atoms with E-state index in [1.54, 1.807) is 11.9 Å². The molecule has 1 heterocycles. The van der Waals surface area contributed by atoms with Gasteiger partial charge in [0.15, 0.2) is 6.10 Å². The molecule has 0 aromatic rings. The Morgan fingerprint density at radius 3 is 2.61 bits per heavy atom. The molecule has 1 rings (SSSR count). The van der Waals surface area contributed by atoms with Gasteiger partial charge in [-0.05, 0) is 25.9 Å². The van der Waals surface area contributed by atoms with Crippen molar-refractivity contribution in [1.82, 2.24) is 15.5 Å². The van der Waals surface area contributed by atoms with Crippen LogP contribution in [0.5, 0.6) is 0 Å². The van der Waals surface area contributed by atoms with E-state index in [-0.39, 0.29) is 25.0 Å². The first-order chi connectivity index (χ1) is 8.52. The minimum absolute atomic E-state index is 0.0150. The number of carboxylic acid groups (broad SMARTS) is 1.